The number of carbonyl (C=O) groups is 1. The van der Waals surface area contributed by atoms with E-state index in [-0.39, 0.29) is 19.4 Å². The number of nitrogens with one attached hydrogen (secondary N) is 1. The van der Waals surface area contributed by atoms with Crippen LogP contribution in [0.2, 0.25) is 5.02 Å². The van der Waals surface area contributed by atoms with E-state index < -0.39 is 22.2 Å². The number of carboxylic acids is 1. The van der Waals surface area contributed by atoms with Crippen LogP contribution in [0.1, 0.15) is 30.0 Å². The summed E-state index contributed by atoms with van der Waals surface area (Å²) < 4.78 is 28.0. The van der Waals surface area contributed by atoms with Crippen molar-refractivity contribution in [2.24, 2.45) is 0 Å². The van der Waals surface area contributed by atoms with Gasteiger partial charge in [0, 0.05) is 24.2 Å². The first-order valence-corrected chi connectivity index (χ1v) is 8.56. The van der Waals surface area contributed by atoms with Gasteiger partial charge in [0.1, 0.15) is 0 Å². The number of carboxylic acid groups (broad SMARTS) is 1. The highest BCUT2D eigenvalue weighted by Gasteiger charge is 2.28. The first-order valence-electron chi connectivity index (χ1n) is 6.75. The molecule has 1 aromatic rings. The summed E-state index contributed by atoms with van der Waals surface area (Å²) in [6.07, 6.45) is 3.32. The maximum absolute atomic E-state index is 12.2. The number of hydrogen-bond acceptors (Lipinski definition) is 3. The minimum absolute atomic E-state index is 0.0763. The van der Waals surface area contributed by atoms with Gasteiger partial charge in [0.2, 0.25) is 0 Å². The Morgan fingerprint density at radius 3 is 2.77 bits per heavy atom. The molecule has 0 saturated heterocycles. The second-order valence-corrected chi connectivity index (χ2v) is 7.14. The van der Waals surface area contributed by atoms with Gasteiger partial charge in [-0.1, -0.05) is 23.7 Å². The highest BCUT2D eigenvalue weighted by atomic mass is 35.5. The first-order chi connectivity index (χ1) is 10.3. The van der Waals surface area contributed by atoms with Crippen LogP contribution in [0.5, 0.6) is 0 Å². The molecule has 0 aliphatic carbocycles. The van der Waals surface area contributed by atoms with Gasteiger partial charge in [-0.05, 0) is 36.6 Å². The van der Waals surface area contributed by atoms with Gasteiger partial charge in [-0.3, -0.25) is 9.10 Å². The Kier molecular flexibility index (Phi) is 5.10. The van der Waals surface area contributed by atoms with E-state index in [1.54, 1.807) is 18.2 Å². The van der Waals surface area contributed by atoms with E-state index in [0.717, 1.165) is 9.87 Å². The lowest BCUT2D eigenvalue weighted by Crippen LogP contribution is -2.42. The fraction of sp³-hybridized carbons (Fsp3) is 0.357. The van der Waals surface area contributed by atoms with Crippen LogP contribution >= 0.6 is 11.6 Å². The Bertz CT molecular complexity index is 703. The molecule has 1 unspecified atom stereocenters. The summed E-state index contributed by atoms with van der Waals surface area (Å²) in [6, 6.07) is 4.89. The van der Waals surface area contributed by atoms with Gasteiger partial charge in [0.25, 0.3) is 0 Å². The second kappa shape index (κ2) is 6.68. The fourth-order valence-corrected chi connectivity index (χ4v) is 3.78. The smallest absolute Gasteiger partial charge is 0.303 e. The zero-order valence-corrected chi connectivity index (χ0v) is 13.6. The zero-order chi connectivity index (χ0) is 16.3. The summed E-state index contributed by atoms with van der Waals surface area (Å²) in [5.41, 5.74) is 1.67. The summed E-state index contributed by atoms with van der Waals surface area (Å²) >= 11 is 6.16. The van der Waals surface area contributed by atoms with Gasteiger partial charge in [0.15, 0.2) is 0 Å². The Morgan fingerprint density at radius 1 is 1.45 bits per heavy atom. The van der Waals surface area contributed by atoms with Gasteiger partial charge in [-0.15, -0.1) is 0 Å². The van der Waals surface area contributed by atoms with E-state index >= 15 is 0 Å². The third-order valence-electron chi connectivity index (χ3n) is 3.29. The molecule has 6 nitrogen and oxygen atoms in total. The lowest BCUT2D eigenvalue weighted by atomic mass is 10.1. The number of aryl methyl sites for hydroxylation is 1. The van der Waals surface area contributed by atoms with Crippen LogP contribution in [-0.4, -0.2) is 30.3 Å². The molecule has 0 bridgehead atoms. The molecular formula is C14H17ClN2O4S. The van der Waals surface area contributed by atoms with Crippen molar-refractivity contribution in [1.29, 1.82) is 0 Å². The molecule has 0 aromatic heterocycles. The summed E-state index contributed by atoms with van der Waals surface area (Å²) in [7, 11) is -3.70. The molecule has 2 N–H and O–H groups in total. The highest BCUT2D eigenvalue weighted by Crippen LogP contribution is 2.28. The van der Waals surface area contributed by atoms with Crippen molar-refractivity contribution in [2.45, 2.75) is 25.8 Å². The monoisotopic (exact) mass is 344 g/mol. The maximum atomic E-state index is 12.2. The van der Waals surface area contributed by atoms with E-state index in [1.165, 1.54) is 6.20 Å². The molecule has 8 heteroatoms. The number of hydrogen-bond donors (Lipinski definition) is 2. The molecule has 0 amide bonds. The standard InChI is InChI=1S/C14H17ClN2O4S/c1-10-4-5-11(12(15)9-10)13-6-8-17(22(20,21)16-13)7-2-3-14(18)19/h4-6,8-9,13,16H,2-3,7H2,1H3,(H,18,19). The molecule has 0 fully saturated rings. The van der Waals surface area contributed by atoms with Crippen molar-refractivity contribution in [3.8, 4) is 0 Å². The van der Waals surface area contributed by atoms with Crippen LogP contribution < -0.4 is 4.72 Å². The predicted octanol–water partition coefficient (Wildman–Crippen LogP) is 2.22. The fourth-order valence-electron chi connectivity index (χ4n) is 2.16. The minimum Gasteiger partial charge on any atom is -0.481 e. The van der Waals surface area contributed by atoms with Crippen molar-refractivity contribution >= 4 is 27.8 Å². The number of benzene rings is 1. The summed E-state index contributed by atoms with van der Waals surface area (Å²) in [6.45, 7) is 2.02. The third-order valence-corrected chi connectivity index (χ3v) is 5.09. The topological polar surface area (TPSA) is 86.7 Å². The second-order valence-electron chi connectivity index (χ2n) is 5.08. The van der Waals surface area contributed by atoms with Crippen LogP contribution in [0.15, 0.2) is 30.5 Å². The molecule has 1 heterocycles. The van der Waals surface area contributed by atoms with Crippen LogP contribution in [0, 0.1) is 6.92 Å². The molecule has 1 atom stereocenters. The third kappa shape index (κ3) is 4.00. The van der Waals surface area contributed by atoms with Crippen molar-refractivity contribution < 1.29 is 18.3 Å². The predicted molar refractivity (Wildman–Crippen MR) is 83.7 cm³/mol. The van der Waals surface area contributed by atoms with E-state index in [2.05, 4.69) is 4.72 Å². The Hall–Kier alpha value is -1.57. The van der Waals surface area contributed by atoms with E-state index in [1.807, 2.05) is 13.0 Å². The summed E-state index contributed by atoms with van der Waals surface area (Å²) in [5, 5.41) is 9.10. The van der Waals surface area contributed by atoms with Crippen molar-refractivity contribution in [3.63, 3.8) is 0 Å². The van der Waals surface area contributed by atoms with Crippen LogP contribution in [-0.2, 0) is 15.0 Å². The Balaban J connectivity index is 2.15. The molecular weight excluding hydrogens is 328 g/mol. The molecule has 0 saturated carbocycles. The summed E-state index contributed by atoms with van der Waals surface area (Å²) in [5.74, 6) is -0.948. The average molecular weight is 345 g/mol. The number of halogens is 1. The number of aliphatic carboxylic acids is 1. The van der Waals surface area contributed by atoms with Gasteiger partial charge in [-0.2, -0.15) is 13.1 Å². The largest absolute Gasteiger partial charge is 0.481 e. The molecule has 120 valence electrons. The zero-order valence-electron chi connectivity index (χ0n) is 12.0. The van der Waals surface area contributed by atoms with Gasteiger partial charge in [0.05, 0.1) is 6.04 Å². The van der Waals surface area contributed by atoms with Crippen molar-refractivity contribution in [1.82, 2.24) is 9.03 Å². The lowest BCUT2D eigenvalue weighted by Gasteiger charge is -2.29. The van der Waals surface area contributed by atoms with Crippen LogP contribution in [0.3, 0.4) is 0 Å². The molecule has 1 aliphatic rings. The maximum Gasteiger partial charge on any atom is 0.303 e. The highest BCUT2D eigenvalue weighted by molar-refractivity contribution is 7.87. The number of rotatable bonds is 5. The Labute approximate surface area is 134 Å². The van der Waals surface area contributed by atoms with Gasteiger partial charge in [-0.25, -0.2) is 0 Å². The van der Waals surface area contributed by atoms with Gasteiger partial charge >= 0.3 is 16.2 Å². The van der Waals surface area contributed by atoms with Crippen molar-refractivity contribution in [3.05, 3.63) is 46.6 Å². The lowest BCUT2D eigenvalue weighted by molar-refractivity contribution is -0.137. The van der Waals surface area contributed by atoms with Crippen LogP contribution in [0.4, 0.5) is 0 Å². The van der Waals surface area contributed by atoms with E-state index in [4.69, 9.17) is 16.7 Å². The quantitative estimate of drug-likeness (QED) is 0.857. The molecule has 2 rings (SSSR count). The SMILES string of the molecule is Cc1ccc(C2C=CN(CCCC(=O)O)S(=O)(=O)N2)c(Cl)c1. The Morgan fingerprint density at radius 2 is 2.18 bits per heavy atom. The molecule has 1 aromatic carbocycles. The summed E-state index contributed by atoms with van der Waals surface area (Å²) in [4.78, 5) is 10.5. The van der Waals surface area contributed by atoms with Crippen LogP contribution in [0.25, 0.3) is 0 Å². The number of nitrogens with zero attached hydrogens (tertiary/aromatic N) is 1. The molecule has 22 heavy (non-hydrogen) atoms. The first kappa shape index (κ1) is 16.8. The normalized spacial score (nSPS) is 20.1. The molecule has 0 radical (unpaired) electrons. The van der Waals surface area contributed by atoms with Crippen molar-refractivity contribution in [2.75, 3.05) is 6.54 Å². The van der Waals surface area contributed by atoms with E-state index in [0.29, 0.717) is 10.6 Å². The van der Waals surface area contributed by atoms with E-state index in [9.17, 15) is 13.2 Å². The minimum atomic E-state index is -3.70. The van der Waals surface area contributed by atoms with Gasteiger partial charge < -0.3 is 5.11 Å². The average Bonchev–Trinajstić information content (AvgIpc) is 2.39. The molecule has 1 aliphatic heterocycles. The molecule has 0 spiro atoms.